The molecule has 138 valence electrons. The van der Waals surface area contributed by atoms with Crippen molar-refractivity contribution in [3.8, 4) is 0 Å². The summed E-state index contributed by atoms with van der Waals surface area (Å²) in [6.07, 6.45) is 13.2. The Hall–Kier alpha value is -1.81. The smallest absolute Gasteiger partial charge is 0.332 e. The van der Waals surface area contributed by atoms with E-state index in [2.05, 4.69) is 6.92 Å². The number of aliphatic hydroxyl groups is 1. The Morgan fingerprint density at radius 3 is 2.32 bits per heavy atom. The second kappa shape index (κ2) is 10.9. The fourth-order valence-corrected chi connectivity index (χ4v) is 3.15. The summed E-state index contributed by atoms with van der Waals surface area (Å²) in [6, 6.07) is 7.62. The molecule has 4 heteroatoms. The number of hydrogen-bond acceptors (Lipinski definition) is 3. The maximum absolute atomic E-state index is 12.1. The van der Waals surface area contributed by atoms with Crippen LogP contribution < -0.4 is 4.84 Å². The zero-order chi connectivity index (χ0) is 17.9. The van der Waals surface area contributed by atoms with Crippen LogP contribution in [0.4, 0.5) is 0 Å². The van der Waals surface area contributed by atoms with Gasteiger partial charge in [-0.15, -0.1) is 0 Å². The molecule has 2 rings (SSSR count). The van der Waals surface area contributed by atoms with Gasteiger partial charge in [0.25, 0.3) is 0 Å². The third-order valence-electron chi connectivity index (χ3n) is 4.62. The fourth-order valence-electron chi connectivity index (χ4n) is 3.15. The lowest BCUT2D eigenvalue weighted by atomic mass is 10.1. The van der Waals surface area contributed by atoms with Crippen molar-refractivity contribution in [1.82, 2.24) is 4.73 Å². The topological polar surface area (TPSA) is 51.5 Å². The van der Waals surface area contributed by atoms with Crippen LogP contribution in [-0.2, 0) is 11.4 Å². The van der Waals surface area contributed by atoms with E-state index in [0.29, 0.717) is 6.42 Å². The van der Waals surface area contributed by atoms with Crippen molar-refractivity contribution in [2.24, 2.45) is 0 Å². The minimum atomic E-state index is -0.215. The van der Waals surface area contributed by atoms with Gasteiger partial charge in [-0.25, -0.2) is 4.79 Å². The molecule has 0 bridgehead atoms. The van der Waals surface area contributed by atoms with Crippen LogP contribution in [0.1, 0.15) is 76.7 Å². The van der Waals surface area contributed by atoms with Gasteiger partial charge in [-0.2, -0.15) is 4.73 Å². The number of nitrogens with zero attached hydrogens (tertiary/aromatic N) is 1. The SMILES string of the molecule is CCCCCCCCCCCC(=O)On1cc(CO)c2ccccc21. The zero-order valence-electron chi connectivity index (χ0n) is 15.4. The lowest BCUT2D eigenvalue weighted by Crippen LogP contribution is -2.18. The van der Waals surface area contributed by atoms with E-state index in [-0.39, 0.29) is 12.6 Å². The molecular formula is C21H31NO3. The van der Waals surface area contributed by atoms with Crippen molar-refractivity contribution in [1.29, 1.82) is 0 Å². The summed E-state index contributed by atoms with van der Waals surface area (Å²) in [7, 11) is 0. The molecule has 1 aromatic carbocycles. The second-order valence-electron chi connectivity index (χ2n) is 6.70. The first-order chi connectivity index (χ1) is 12.3. The van der Waals surface area contributed by atoms with E-state index in [1.165, 1.54) is 49.7 Å². The van der Waals surface area contributed by atoms with Crippen molar-refractivity contribution >= 4 is 16.9 Å². The van der Waals surface area contributed by atoms with Crippen LogP contribution in [0.3, 0.4) is 0 Å². The average Bonchev–Trinajstić information content (AvgIpc) is 2.98. The maximum Gasteiger partial charge on any atom is 0.332 e. The minimum absolute atomic E-state index is 0.0662. The fraction of sp³-hybridized carbons (Fsp3) is 0.571. The Kier molecular flexibility index (Phi) is 8.53. The highest BCUT2D eigenvalue weighted by Crippen LogP contribution is 2.20. The molecule has 0 radical (unpaired) electrons. The van der Waals surface area contributed by atoms with Gasteiger partial charge in [0.2, 0.25) is 0 Å². The van der Waals surface area contributed by atoms with Gasteiger partial charge in [0, 0.05) is 17.4 Å². The van der Waals surface area contributed by atoms with Crippen molar-refractivity contribution in [3.63, 3.8) is 0 Å². The van der Waals surface area contributed by atoms with Crippen LogP contribution in [0.25, 0.3) is 10.9 Å². The molecule has 0 aliphatic heterocycles. The standard InChI is InChI=1S/C21H31NO3/c1-2-3-4-5-6-7-8-9-10-15-21(24)25-22-16-18(17-23)19-13-11-12-14-20(19)22/h11-14,16,23H,2-10,15,17H2,1H3. The number of aliphatic hydroxyl groups excluding tert-OH is 1. The van der Waals surface area contributed by atoms with Crippen LogP contribution in [0.15, 0.2) is 30.5 Å². The summed E-state index contributed by atoms with van der Waals surface area (Å²) in [5.41, 5.74) is 1.58. The van der Waals surface area contributed by atoms with Crippen molar-refractivity contribution in [2.75, 3.05) is 0 Å². The van der Waals surface area contributed by atoms with Gasteiger partial charge in [0.15, 0.2) is 0 Å². The van der Waals surface area contributed by atoms with Gasteiger partial charge in [-0.1, -0.05) is 76.5 Å². The van der Waals surface area contributed by atoms with Gasteiger partial charge >= 0.3 is 5.97 Å². The summed E-state index contributed by atoms with van der Waals surface area (Å²) < 4.78 is 1.48. The molecule has 2 aromatic rings. The quantitative estimate of drug-likeness (QED) is 0.550. The number of rotatable bonds is 12. The van der Waals surface area contributed by atoms with Crippen molar-refractivity contribution in [3.05, 3.63) is 36.0 Å². The minimum Gasteiger partial charge on any atom is -0.392 e. The molecule has 0 amide bonds. The molecule has 4 nitrogen and oxygen atoms in total. The molecule has 0 unspecified atom stereocenters. The Morgan fingerprint density at radius 1 is 1.00 bits per heavy atom. The van der Waals surface area contributed by atoms with Crippen LogP contribution in [0, 0.1) is 0 Å². The average molecular weight is 345 g/mol. The highest BCUT2D eigenvalue weighted by atomic mass is 16.7. The lowest BCUT2D eigenvalue weighted by molar-refractivity contribution is -0.143. The Balaban J connectivity index is 1.67. The number of carbonyl (C=O) groups excluding carboxylic acids is 1. The Bertz CT molecular complexity index is 648. The molecule has 1 aromatic heterocycles. The predicted octanol–water partition coefficient (Wildman–Crippen LogP) is 5.01. The van der Waals surface area contributed by atoms with E-state index in [9.17, 15) is 9.90 Å². The highest BCUT2D eigenvalue weighted by Gasteiger charge is 2.11. The van der Waals surface area contributed by atoms with Gasteiger partial charge in [-0.05, 0) is 12.5 Å². The second-order valence-corrected chi connectivity index (χ2v) is 6.70. The molecule has 25 heavy (non-hydrogen) atoms. The van der Waals surface area contributed by atoms with E-state index in [4.69, 9.17) is 4.84 Å². The van der Waals surface area contributed by atoms with E-state index >= 15 is 0 Å². The molecule has 1 N–H and O–H groups in total. The van der Waals surface area contributed by atoms with Crippen molar-refractivity contribution in [2.45, 2.75) is 77.7 Å². The normalized spacial score (nSPS) is 11.1. The van der Waals surface area contributed by atoms with Crippen molar-refractivity contribution < 1.29 is 14.7 Å². The first-order valence-electron chi connectivity index (χ1n) is 9.67. The molecule has 0 saturated carbocycles. The summed E-state index contributed by atoms with van der Waals surface area (Å²) in [5, 5.41) is 10.3. The zero-order valence-corrected chi connectivity index (χ0v) is 15.4. The number of unbranched alkanes of at least 4 members (excludes halogenated alkanes) is 8. The Morgan fingerprint density at radius 2 is 1.64 bits per heavy atom. The molecule has 0 aliphatic carbocycles. The van der Waals surface area contributed by atoms with E-state index in [1.54, 1.807) is 6.20 Å². The molecule has 0 spiro atoms. The van der Waals surface area contributed by atoms with Gasteiger partial charge in [0.05, 0.1) is 18.3 Å². The summed E-state index contributed by atoms with van der Waals surface area (Å²) >= 11 is 0. The number of hydrogen-bond donors (Lipinski definition) is 1. The third-order valence-corrected chi connectivity index (χ3v) is 4.62. The van der Waals surface area contributed by atoms with E-state index in [1.807, 2.05) is 24.3 Å². The predicted molar refractivity (Wildman–Crippen MR) is 101 cm³/mol. The number of aromatic nitrogens is 1. The van der Waals surface area contributed by atoms with Crippen LogP contribution in [-0.4, -0.2) is 15.8 Å². The molecule has 0 atom stereocenters. The molecule has 0 aliphatic rings. The van der Waals surface area contributed by atoms with Gasteiger partial charge < -0.3 is 9.94 Å². The first kappa shape index (κ1) is 19.5. The van der Waals surface area contributed by atoms with Crippen LogP contribution >= 0.6 is 0 Å². The summed E-state index contributed by atoms with van der Waals surface area (Å²) in [5.74, 6) is -0.215. The molecule has 0 saturated heterocycles. The number of para-hydroxylation sites is 1. The lowest BCUT2D eigenvalue weighted by Gasteiger charge is -2.06. The van der Waals surface area contributed by atoms with E-state index < -0.39 is 0 Å². The Labute approximate surface area is 150 Å². The largest absolute Gasteiger partial charge is 0.392 e. The van der Waals surface area contributed by atoms with Gasteiger partial charge in [0.1, 0.15) is 0 Å². The van der Waals surface area contributed by atoms with Gasteiger partial charge in [-0.3, -0.25) is 0 Å². The van der Waals surface area contributed by atoms with Crippen LogP contribution in [0.2, 0.25) is 0 Å². The monoisotopic (exact) mass is 345 g/mol. The summed E-state index contributed by atoms with van der Waals surface area (Å²) in [4.78, 5) is 17.5. The number of fused-ring (bicyclic) bond motifs is 1. The highest BCUT2D eigenvalue weighted by molar-refractivity contribution is 5.84. The molecule has 0 fully saturated rings. The summed E-state index contributed by atoms with van der Waals surface area (Å²) in [6.45, 7) is 2.17. The van der Waals surface area contributed by atoms with E-state index in [0.717, 1.165) is 29.3 Å². The number of benzene rings is 1. The molecule has 1 heterocycles. The van der Waals surface area contributed by atoms with Crippen LogP contribution in [0.5, 0.6) is 0 Å². The third kappa shape index (κ3) is 6.20. The maximum atomic E-state index is 12.1. The molecular weight excluding hydrogens is 314 g/mol. The number of carbonyl (C=O) groups is 1. The first-order valence-corrected chi connectivity index (χ1v) is 9.67.